The Labute approximate surface area is 386 Å². The molecule has 4 amide bonds. The number of cyclic esters (lactones) is 1. The number of benzene rings is 2. The number of hydrogen-bond donors (Lipinski definition) is 5. The minimum Gasteiger partial charge on any atom is -0.508 e. The first-order valence-corrected chi connectivity index (χ1v) is 22.9. The molecule has 7 rings (SSSR count). The second-order valence-electron chi connectivity index (χ2n) is 19.1. The Kier molecular flexibility index (Phi) is 14.1. The van der Waals surface area contributed by atoms with Gasteiger partial charge in [0.25, 0.3) is 11.8 Å². The Morgan fingerprint density at radius 1 is 1.11 bits per heavy atom. The Morgan fingerprint density at radius 2 is 1.88 bits per heavy atom. The molecule has 66 heavy (non-hydrogen) atoms. The first-order valence-electron chi connectivity index (χ1n) is 22.9. The van der Waals surface area contributed by atoms with Crippen molar-refractivity contribution in [2.24, 2.45) is 11.3 Å². The fraction of sp³-hybridized carbons (Fsp3) is 0.480. The van der Waals surface area contributed by atoms with Crippen LogP contribution in [0, 0.1) is 11.3 Å². The van der Waals surface area contributed by atoms with Gasteiger partial charge in [0.2, 0.25) is 11.8 Å². The van der Waals surface area contributed by atoms with E-state index in [1.54, 1.807) is 32.2 Å². The number of carbonyl (C=O) groups is 5. The summed E-state index contributed by atoms with van der Waals surface area (Å²) in [4.78, 5) is 76.7. The summed E-state index contributed by atoms with van der Waals surface area (Å²) in [5.41, 5.74) is 7.71. The van der Waals surface area contributed by atoms with Crippen molar-refractivity contribution in [1.82, 2.24) is 40.4 Å². The molecule has 0 aliphatic carbocycles. The standard InChI is InChI=1S/C50H64N8O8/c1-9-42(60)56-20-17-50(65,28-56)48(64)55(8)43(30(3)4)45(61)53-39-23-31-21-33(24-34(59)22-31)32-15-16-41-36(25-32)37(44(57(41)10-2)35-13-11-18-52-40(35)27-51-7)26-49(5,6)29-66-47(63)38-14-12-19-58(54-38)46(39)62/h9,11,13,15-16,18,21-22,24-25,30,38-39,43,51,54,59,65H,1,10,12,14,17,19-20,23,26-29H2,2-8H3,(H,53,61)/t38-,39-,43-,50+/m0/s1. The zero-order valence-corrected chi connectivity index (χ0v) is 39.1. The van der Waals surface area contributed by atoms with Crippen LogP contribution in [0.5, 0.6) is 5.75 Å². The van der Waals surface area contributed by atoms with Crippen LogP contribution < -0.4 is 16.1 Å². The van der Waals surface area contributed by atoms with E-state index in [4.69, 9.17) is 9.72 Å². The predicted octanol–water partition coefficient (Wildman–Crippen LogP) is 4.10. The van der Waals surface area contributed by atoms with Crippen LogP contribution in [0.2, 0.25) is 0 Å². The summed E-state index contributed by atoms with van der Waals surface area (Å²) in [6.07, 6.45) is 4.29. The maximum Gasteiger partial charge on any atom is 0.324 e. The number of nitrogens with zero attached hydrogens (tertiary/aromatic N) is 5. The SMILES string of the molecule is C=CC(=O)N1CC[C@](O)(C(=O)N(C)[C@H](C(=O)N[C@H]2Cc3cc(O)cc(c3)-c3ccc4c(c3)c(c(-c3cccnc3CNC)n4CC)CC(C)(C)COC(=O)[C@@H]3CCCN(N3)C2=O)C(C)C)C1. The summed E-state index contributed by atoms with van der Waals surface area (Å²) < 4.78 is 8.38. The van der Waals surface area contributed by atoms with Crippen molar-refractivity contribution in [2.45, 2.75) is 104 Å². The van der Waals surface area contributed by atoms with Crippen molar-refractivity contribution in [3.8, 4) is 28.1 Å². The van der Waals surface area contributed by atoms with E-state index in [2.05, 4.69) is 66.2 Å². The third-order valence-corrected chi connectivity index (χ3v) is 13.1. The zero-order valence-electron chi connectivity index (χ0n) is 39.1. The Bertz CT molecular complexity index is 2530. The van der Waals surface area contributed by atoms with Gasteiger partial charge in [-0.1, -0.05) is 46.4 Å². The molecule has 6 bridgehead atoms. The Morgan fingerprint density at radius 3 is 2.59 bits per heavy atom. The Balaban J connectivity index is 1.31. The molecule has 0 saturated carbocycles. The lowest BCUT2D eigenvalue weighted by Crippen LogP contribution is -2.63. The number of aliphatic hydroxyl groups is 1. The molecule has 2 saturated heterocycles. The van der Waals surface area contributed by atoms with Crippen molar-refractivity contribution in [3.63, 3.8) is 0 Å². The summed E-state index contributed by atoms with van der Waals surface area (Å²) in [5.74, 6) is -3.31. The van der Waals surface area contributed by atoms with Crippen LogP contribution in [0.15, 0.2) is 67.4 Å². The lowest BCUT2D eigenvalue weighted by atomic mass is 9.84. The molecule has 3 aliphatic rings. The molecular weight excluding hydrogens is 841 g/mol. The smallest absolute Gasteiger partial charge is 0.324 e. The second-order valence-corrected chi connectivity index (χ2v) is 19.1. The number of aromatic nitrogens is 2. The van der Waals surface area contributed by atoms with E-state index in [1.807, 2.05) is 25.2 Å². The molecule has 0 spiro atoms. The van der Waals surface area contributed by atoms with Crippen molar-refractivity contribution in [2.75, 3.05) is 40.3 Å². The fourth-order valence-corrected chi connectivity index (χ4v) is 9.90. The number of hydrazine groups is 1. The average molecular weight is 905 g/mol. The van der Waals surface area contributed by atoms with Gasteiger partial charge in [-0.3, -0.25) is 34.0 Å². The number of carbonyl (C=O) groups excluding carboxylic acids is 5. The number of phenols is 1. The third kappa shape index (κ3) is 9.72. The van der Waals surface area contributed by atoms with E-state index < -0.39 is 64.7 Å². The molecule has 0 radical (unpaired) electrons. The highest BCUT2D eigenvalue weighted by Crippen LogP contribution is 2.41. The first-order chi connectivity index (χ1) is 31.4. The summed E-state index contributed by atoms with van der Waals surface area (Å²) in [6, 6.07) is 12.2. The van der Waals surface area contributed by atoms with Crippen LogP contribution in [-0.4, -0.2) is 128 Å². The zero-order chi connectivity index (χ0) is 47.7. The van der Waals surface area contributed by atoms with Gasteiger partial charge in [0.15, 0.2) is 5.60 Å². The molecule has 16 heteroatoms. The van der Waals surface area contributed by atoms with Crippen molar-refractivity contribution in [1.29, 1.82) is 0 Å². The highest BCUT2D eigenvalue weighted by atomic mass is 16.5. The quantitative estimate of drug-likeness (QED) is 0.114. The number of hydrogen-bond acceptors (Lipinski definition) is 11. The van der Waals surface area contributed by atoms with Gasteiger partial charge in [-0.05, 0) is 104 Å². The monoisotopic (exact) mass is 904 g/mol. The average Bonchev–Trinajstić information content (AvgIpc) is 3.84. The van der Waals surface area contributed by atoms with Crippen molar-refractivity contribution >= 4 is 40.5 Å². The molecule has 2 aromatic carbocycles. The molecule has 5 heterocycles. The van der Waals surface area contributed by atoms with Crippen LogP contribution in [-0.2, 0) is 54.6 Å². The lowest BCUT2D eigenvalue weighted by Gasteiger charge is -2.37. The van der Waals surface area contributed by atoms with Crippen LogP contribution in [0.1, 0.15) is 70.7 Å². The van der Waals surface area contributed by atoms with Gasteiger partial charge in [-0.15, -0.1) is 0 Å². The molecule has 0 unspecified atom stereocenters. The molecule has 4 atom stereocenters. The second kappa shape index (κ2) is 19.4. The van der Waals surface area contributed by atoms with Crippen LogP contribution in [0.4, 0.5) is 0 Å². The molecule has 5 N–H and O–H groups in total. The summed E-state index contributed by atoms with van der Waals surface area (Å²) in [7, 11) is 3.32. The fourth-order valence-electron chi connectivity index (χ4n) is 9.90. The number of pyridine rings is 1. The highest BCUT2D eigenvalue weighted by Gasteiger charge is 2.48. The van der Waals surface area contributed by atoms with E-state index >= 15 is 0 Å². The number of aromatic hydroxyl groups is 1. The molecule has 2 fully saturated rings. The van der Waals surface area contributed by atoms with Crippen LogP contribution in [0.25, 0.3) is 33.3 Å². The number of ether oxygens (including phenoxy) is 1. The number of esters is 1. The van der Waals surface area contributed by atoms with Gasteiger partial charge in [0.05, 0.1) is 24.5 Å². The largest absolute Gasteiger partial charge is 0.508 e. The van der Waals surface area contributed by atoms with Crippen LogP contribution >= 0.6 is 0 Å². The van der Waals surface area contributed by atoms with E-state index in [9.17, 15) is 34.2 Å². The summed E-state index contributed by atoms with van der Waals surface area (Å²) in [5, 5.41) is 31.3. The van der Waals surface area contributed by atoms with Crippen molar-refractivity contribution in [3.05, 3.63) is 84.2 Å². The molecule has 2 aromatic heterocycles. The topological polar surface area (TPSA) is 199 Å². The number of β-amino-alcohol motifs (C(OH)–C–C–N with tert-alkyl or cyclic N) is 1. The van der Waals surface area contributed by atoms with E-state index in [0.29, 0.717) is 43.5 Å². The summed E-state index contributed by atoms with van der Waals surface area (Å²) in [6.45, 7) is 14.7. The summed E-state index contributed by atoms with van der Waals surface area (Å²) >= 11 is 0. The minimum atomic E-state index is -1.93. The predicted molar refractivity (Wildman–Crippen MR) is 250 cm³/mol. The van der Waals surface area contributed by atoms with Gasteiger partial charge in [-0.2, -0.15) is 0 Å². The third-order valence-electron chi connectivity index (χ3n) is 13.1. The van der Waals surface area contributed by atoms with Crippen LogP contribution in [0.3, 0.4) is 0 Å². The first kappa shape index (κ1) is 47.9. The van der Waals surface area contributed by atoms with Gasteiger partial charge < -0.3 is 40.0 Å². The molecule has 3 aliphatic heterocycles. The van der Waals surface area contributed by atoms with Gasteiger partial charge in [-0.25, -0.2) is 5.43 Å². The number of likely N-dealkylation sites (tertiary alicyclic amines) is 1. The van der Waals surface area contributed by atoms with Crippen molar-refractivity contribution < 1.29 is 38.9 Å². The van der Waals surface area contributed by atoms with Gasteiger partial charge >= 0.3 is 5.97 Å². The molecule has 352 valence electrons. The number of likely N-dealkylation sites (N-methyl/N-ethyl adjacent to an activating group) is 1. The van der Waals surface area contributed by atoms with Gasteiger partial charge in [0, 0.05) is 74.1 Å². The highest BCUT2D eigenvalue weighted by molar-refractivity contribution is 5.97. The number of rotatable bonds is 10. The molecular formula is C50H64N8O8. The maximum atomic E-state index is 14.7. The molecule has 16 nitrogen and oxygen atoms in total. The lowest BCUT2D eigenvalue weighted by molar-refractivity contribution is -0.156. The number of fused-ring (bicyclic) bond motifs is 6. The van der Waals surface area contributed by atoms with E-state index in [0.717, 1.165) is 45.1 Å². The Hall–Kier alpha value is -6.10. The van der Waals surface area contributed by atoms with E-state index in [1.165, 1.54) is 21.9 Å². The number of nitrogens with one attached hydrogen (secondary N) is 3. The number of phenolic OH excluding ortho intramolecular Hbond substituents is 1. The maximum absolute atomic E-state index is 14.7. The number of aryl methyl sites for hydroxylation is 1. The van der Waals surface area contributed by atoms with E-state index in [-0.39, 0.29) is 44.8 Å². The minimum absolute atomic E-state index is 0.0210. The normalized spacial score (nSPS) is 21.6. The number of amides is 4. The molecule has 4 aromatic rings. The van der Waals surface area contributed by atoms with Gasteiger partial charge in [0.1, 0.15) is 23.9 Å².